The maximum atomic E-state index is 12.6. The molecule has 0 unspecified atom stereocenters. The number of hydrogen-bond acceptors (Lipinski definition) is 4. The van der Waals surface area contributed by atoms with Crippen molar-refractivity contribution in [3.05, 3.63) is 36.7 Å². The van der Waals surface area contributed by atoms with Gasteiger partial charge >= 0.3 is 6.18 Å². The van der Waals surface area contributed by atoms with Crippen LogP contribution >= 0.6 is 0 Å². The Morgan fingerprint density at radius 2 is 2.13 bits per heavy atom. The molecule has 2 aromatic rings. The van der Waals surface area contributed by atoms with Crippen LogP contribution < -0.4 is 0 Å². The Morgan fingerprint density at radius 1 is 1.26 bits per heavy atom. The Bertz CT molecular complexity index is 610. The van der Waals surface area contributed by atoms with Gasteiger partial charge in [0.15, 0.2) is 0 Å². The van der Waals surface area contributed by atoms with Crippen molar-refractivity contribution in [3.63, 3.8) is 0 Å². The average Bonchev–Trinajstić information content (AvgIpc) is 3.11. The van der Waals surface area contributed by atoms with Crippen molar-refractivity contribution in [3.8, 4) is 0 Å². The number of imidazole rings is 1. The Morgan fingerprint density at radius 3 is 2.87 bits per heavy atom. The largest absolute Gasteiger partial charge is 0.406 e. The smallest absolute Gasteiger partial charge is 0.374 e. The molecular formula is C14H18F3N5O. The Labute approximate surface area is 131 Å². The molecule has 1 aliphatic rings. The highest BCUT2D eigenvalue weighted by molar-refractivity contribution is 4.94. The molecule has 0 saturated carbocycles. The van der Waals surface area contributed by atoms with Crippen molar-refractivity contribution in [2.45, 2.75) is 31.9 Å². The van der Waals surface area contributed by atoms with E-state index in [-0.39, 0.29) is 6.10 Å². The molecule has 0 spiro atoms. The van der Waals surface area contributed by atoms with Crippen LogP contribution in [0, 0.1) is 0 Å². The second kappa shape index (κ2) is 6.71. The molecule has 0 aliphatic carbocycles. The number of alkyl halides is 3. The third-order valence-electron chi connectivity index (χ3n) is 3.69. The molecule has 6 nitrogen and oxygen atoms in total. The lowest BCUT2D eigenvalue weighted by atomic mass is 10.2. The second-order valence-corrected chi connectivity index (χ2v) is 5.54. The van der Waals surface area contributed by atoms with Crippen molar-refractivity contribution in [2.75, 3.05) is 19.7 Å². The standard InChI is InChI=1S/C14H18F3N5O/c15-14(16,17)11-21-5-3-18-13(21)10-20-6-7-23-12(8-20)9-22-4-1-2-19-22/h1-5,12H,6-11H2/t12-/m1/s1. The van der Waals surface area contributed by atoms with E-state index in [2.05, 4.69) is 15.0 Å². The van der Waals surface area contributed by atoms with Crippen LogP contribution in [0.4, 0.5) is 13.2 Å². The zero-order valence-corrected chi connectivity index (χ0v) is 12.5. The number of rotatable bonds is 5. The summed E-state index contributed by atoms with van der Waals surface area (Å²) in [4.78, 5) is 6.12. The fourth-order valence-corrected chi connectivity index (χ4v) is 2.68. The number of hydrogen-bond donors (Lipinski definition) is 0. The maximum Gasteiger partial charge on any atom is 0.406 e. The third kappa shape index (κ3) is 4.55. The minimum Gasteiger partial charge on any atom is -0.374 e. The molecular weight excluding hydrogens is 311 g/mol. The highest BCUT2D eigenvalue weighted by Crippen LogP contribution is 2.19. The van der Waals surface area contributed by atoms with E-state index in [0.717, 1.165) is 4.57 Å². The van der Waals surface area contributed by atoms with Gasteiger partial charge in [-0.15, -0.1) is 0 Å². The summed E-state index contributed by atoms with van der Waals surface area (Å²) in [5, 5.41) is 4.14. The van der Waals surface area contributed by atoms with Gasteiger partial charge in [-0.05, 0) is 6.07 Å². The summed E-state index contributed by atoms with van der Waals surface area (Å²) in [6, 6.07) is 1.84. The molecule has 0 radical (unpaired) electrons. The zero-order valence-electron chi connectivity index (χ0n) is 12.5. The summed E-state index contributed by atoms with van der Waals surface area (Å²) >= 11 is 0. The van der Waals surface area contributed by atoms with Crippen LogP contribution in [0.3, 0.4) is 0 Å². The van der Waals surface area contributed by atoms with Crippen molar-refractivity contribution in [2.24, 2.45) is 0 Å². The van der Waals surface area contributed by atoms with Crippen molar-refractivity contribution in [1.29, 1.82) is 0 Å². The van der Waals surface area contributed by atoms with Crippen LogP contribution in [-0.2, 0) is 24.4 Å². The van der Waals surface area contributed by atoms with Crippen LogP contribution in [0.25, 0.3) is 0 Å². The molecule has 0 bridgehead atoms. The summed E-state index contributed by atoms with van der Waals surface area (Å²) < 4.78 is 46.3. The van der Waals surface area contributed by atoms with E-state index in [0.29, 0.717) is 38.6 Å². The van der Waals surface area contributed by atoms with Gasteiger partial charge in [0.25, 0.3) is 0 Å². The first-order chi connectivity index (χ1) is 11.0. The van der Waals surface area contributed by atoms with E-state index in [9.17, 15) is 13.2 Å². The summed E-state index contributed by atoms with van der Waals surface area (Å²) in [5.41, 5.74) is 0. The highest BCUT2D eigenvalue weighted by Gasteiger charge is 2.29. The molecule has 1 aliphatic heterocycles. The predicted molar refractivity (Wildman–Crippen MR) is 75.5 cm³/mol. The molecule has 2 aromatic heterocycles. The lowest BCUT2D eigenvalue weighted by molar-refractivity contribution is -0.141. The molecule has 3 heterocycles. The van der Waals surface area contributed by atoms with Gasteiger partial charge in [-0.2, -0.15) is 18.3 Å². The first kappa shape index (κ1) is 16.0. The van der Waals surface area contributed by atoms with Gasteiger partial charge in [0.05, 0.1) is 25.8 Å². The Kier molecular flexibility index (Phi) is 4.67. The molecule has 9 heteroatoms. The van der Waals surface area contributed by atoms with Crippen LogP contribution in [0.1, 0.15) is 5.82 Å². The first-order valence-electron chi connectivity index (χ1n) is 7.38. The van der Waals surface area contributed by atoms with Crippen molar-refractivity contribution >= 4 is 0 Å². The van der Waals surface area contributed by atoms with E-state index in [1.165, 1.54) is 12.4 Å². The quantitative estimate of drug-likeness (QED) is 0.835. The van der Waals surface area contributed by atoms with Crippen LogP contribution in [0.2, 0.25) is 0 Å². The molecule has 1 fully saturated rings. The normalized spacial score (nSPS) is 20.0. The number of aromatic nitrogens is 4. The SMILES string of the molecule is FC(F)(F)Cn1ccnc1CN1CCO[C@@H](Cn2cccn2)C1. The molecule has 23 heavy (non-hydrogen) atoms. The number of ether oxygens (including phenoxy) is 1. The van der Waals surface area contributed by atoms with Gasteiger partial charge in [0.1, 0.15) is 12.4 Å². The third-order valence-corrected chi connectivity index (χ3v) is 3.69. The van der Waals surface area contributed by atoms with Crippen LogP contribution in [0.5, 0.6) is 0 Å². The summed E-state index contributed by atoms with van der Waals surface area (Å²) in [5.74, 6) is 0.419. The number of nitrogens with zero attached hydrogens (tertiary/aromatic N) is 5. The minimum atomic E-state index is -4.25. The topological polar surface area (TPSA) is 48.1 Å². The van der Waals surface area contributed by atoms with Gasteiger partial charge in [-0.1, -0.05) is 0 Å². The van der Waals surface area contributed by atoms with Gasteiger partial charge in [0, 0.05) is 37.9 Å². The van der Waals surface area contributed by atoms with E-state index in [1.54, 1.807) is 10.9 Å². The van der Waals surface area contributed by atoms with Gasteiger partial charge in [0.2, 0.25) is 0 Å². The van der Waals surface area contributed by atoms with Gasteiger partial charge in [-0.25, -0.2) is 4.98 Å². The fourth-order valence-electron chi connectivity index (χ4n) is 2.68. The Balaban J connectivity index is 1.58. The van der Waals surface area contributed by atoms with Gasteiger partial charge < -0.3 is 9.30 Å². The number of halogens is 3. The highest BCUT2D eigenvalue weighted by atomic mass is 19.4. The molecule has 0 aromatic carbocycles. The van der Waals surface area contributed by atoms with E-state index < -0.39 is 12.7 Å². The lowest BCUT2D eigenvalue weighted by Crippen LogP contribution is -2.44. The molecule has 0 N–H and O–H groups in total. The summed E-state index contributed by atoms with van der Waals surface area (Å²) in [6.45, 7) is 1.85. The minimum absolute atomic E-state index is 0.0327. The summed E-state index contributed by atoms with van der Waals surface area (Å²) in [6.07, 6.45) is 2.05. The molecule has 3 rings (SSSR count). The van der Waals surface area contributed by atoms with Crippen LogP contribution in [0.15, 0.2) is 30.9 Å². The fraction of sp³-hybridized carbons (Fsp3) is 0.571. The predicted octanol–water partition coefficient (Wildman–Crippen LogP) is 1.54. The molecule has 1 atom stereocenters. The molecule has 1 saturated heterocycles. The van der Waals surface area contributed by atoms with Gasteiger partial charge in [-0.3, -0.25) is 9.58 Å². The van der Waals surface area contributed by atoms with Crippen molar-refractivity contribution < 1.29 is 17.9 Å². The number of morpholine rings is 1. The summed E-state index contributed by atoms with van der Waals surface area (Å²) in [7, 11) is 0. The second-order valence-electron chi connectivity index (χ2n) is 5.54. The average molecular weight is 329 g/mol. The zero-order chi connectivity index (χ0) is 16.3. The van der Waals surface area contributed by atoms with E-state index in [1.807, 2.05) is 12.3 Å². The van der Waals surface area contributed by atoms with E-state index >= 15 is 0 Å². The molecule has 126 valence electrons. The monoisotopic (exact) mass is 329 g/mol. The van der Waals surface area contributed by atoms with E-state index in [4.69, 9.17) is 4.74 Å². The first-order valence-corrected chi connectivity index (χ1v) is 7.38. The lowest BCUT2D eigenvalue weighted by Gasteiger charge is -2.32. The van der Waals surface area contributed by atoms with Crippen LogP contribution in [-0.4, -0.2) is 56.2 Å². The maximum absolute atomic E-state index is 12.6. The Hall–Kier alpha value is -1.87. The molecule has 0 amide bonds. The van der Waals surface area contributed by atoms with Crippen molar-refractivity contribution in [1.82, 2.24) is 24.2 Å².